The summed E-state index contributed by atoms with van der Waals surface area (Å²) in [7, 11) is 0. The summed E-state index contributed by atoms with van der Waals surface area (Å²) in [5, 5.41) is 3.41. The first kappa shape index (κ1) is 17.6. The molecule has 138 valence electrons. The van der Waals surface area contributed by atoms with Crippen molar-refractivity contribution in [3.63, 3.8) is 0 Å². The lowest BCUT2D eigenvalue weighted by Crippen LogP contribution is -2.38. The molecule has 2 aromatic rings. The van der Waals surface area contributed by atoms with Crippen LogP contribution in [-0.2, 0) is 5.41 Å². The van der Waals surface area contributed by atoms with Crippen LogP contribution >= 0.6 is 11.3 Å². The Morgan fingerprint density at radius 2 is 1.85 bits per heavy atom. The van der Waals surface area contributed by atoms with E-state index < -0.39 is 0 Å². The summed E-state index contributed by atoms with van der Waals surface area (Å²) in [5.74, 6) is 1.81. The molecule has 5 nitrogen and oxygen atoms in total. The molecule has 3 heterocycles. The quantitative estimate of drug-likeness (QED) is 0.815. The number of rotatable bonds is 3. The molecule has 0 radical (unpaired) electrons. The van der Waals surface area contributed by atoms with Crippen LogP contribution in [0, 0.1) is 0 Å². The van der Waals surface area contributed by atoms with Crippen molar-refractivity contribution in [2.24, 2.45) is 0 Å². The van der Waals surface area contributed by atoms with Crippen LogP contribution in [0.1, 0.15) is 85.3 Å². The molecule has 1 saturated heterocycles. The zero-order chi connectivity index (χ0) is 18.3. The lowest BCUT2D eigenvalue weighted by Gasteiger charge is -2.31. The Morgan fingerprint density at radius 3 is 2.46 bits per heavy atom. The normalized spacial score (nSPS) is 19.0. The lowest BCUT2D eigenvalue weighted by molar-refractivity contribution is 0.0706. The predicted octanol–water partition coefficient (Wildman–Crippen LogP) is 4.13. The van der Waals surface area contributed by atoms with Crippen molar-refractivity contribution in [1.82, 2.24) is 19.9 Å². The van der Waals surface area contributed by atoms with Crippen molar-refractivity contribution < 1.29 is 4.79 Å². The monoisotopic (exact) mass is 370 g/mol. The minimum atomic E-state index is 0.0438. The fourth-order valence-corrected chi connectivity index (χ4v) is 4.56. The van der Waals surface area contributed by atoms with Gasteiger partial charge in [0.25, 0.3) is 5.91 Å². The minimum absolute atomic E-state index is 0.0438. The number of thiazole rings is 1. The van der Waals surface area contributed by atoms with Gasteiger partial charge < -0.3 is 4.90 Å². The second kappa shape index (κ2) is 6.72. The van der Waals surface area contributed by atoms with Crippen LogP contribution in [0.25, 0.3) is 0 Å². The Kier molecular flexibility index (Phi) is 4.55. The van der Waals surface area contributed by atoms with Gasteiger partial charge in [0.1, 0.15) is 11.5 Å². The van der Waals surface area contributed by atoms with E-state index in [9.17, 15) is 4.79 Å². The average Bonchev–Trinajstić information content (AvgIpc) is 3.36. The highest BCUT2D eigenvalue weighted by molar-refractivity contribution is 7.09. The number of hydrogen-bond acceptors (Lipinski definition) is 5. The Hall–Kier alpha value is -1.82. The van der Waals surface area contributed by atoms with E-state index in [2.05, 4.69) is 36.1 Å². The highest BCUT2D eigenvalue weighted by Gasteiger charge is 2.30. The molecule has 26 heavy (non-hydrogen) atoms. The van der Waals surface area contributed by atoms with Crippen LogP contribution in [-0.4, -0.2) is 38.8 Å². The van der Waals surface area contributed by atoms with Crippen molar-refractivity contribution in [1.29, 1.82) is 0 Å². The summed E-state index contributed by atoms with van der Waals surface area (Å²) in [6.45, 7) is 8.15. The molecule has 0 atom stereocenters. The summed E-state index contributed by atoms with van der Waals surface area (Å²) < 4.78 is 0. The molecular formula is C20H26N4OS. The van der Waals surface area contributed by atoms with E-state index in [-0.39, 0.29) is 11.3 Å². The summed E-state index contributed by atoms with van der Waals surface area (Å²) in [4.78, 5) is 28.4. The third kappa shape index (κ3) is 3.65. The molecule has 0 N–H and O–H groups in total. The van der Waals surface area contributed by atoms with Crippen molar-refractivity contribution in [3.05, 3.63) is 39.9 Å². The summed E-state index contributed by atoms with van der Waals surface area (Å²) in [6, 6.07) is 1.75. The average molecular weight is 371 g/mol. The summed E-state index contributed by atoms with van der Waals surface area (Å²) >= 11 is 1.77. The molecule has 0 unspecified atom stereocenters. The molecule has 0 aromatic carbocycles. The van der Waals surface area contributed by atoms with Gasteiger partial charge in [0.2, 0.25) is 0 Å². The lowest BCUT2D eigenvalue weighted by atomic mass is 9.93. The summed E-state index contributed by atoms with van der Waals surface area (Å²) in [5.41, 5.74) is 1.81. The van der Waals surface area contributed by atoms with E-state index in [0.29, 0.717) is 17.5 Å². The van der Waals surface area contributed by atoms with Gasteiger partial charge in [-0.25, -0.2) is 15.0 Å². The zero-order valence-corrected chi connectivity index (χ0v) is 16.6. The molecule has 2 aromatic heterocycles. The van der Waals surface area contributed by atoms with E-state index in [4.69, 9.17) is 4.98 Å². The van der Waals surface area contributed by atoms with Crippen LogP contribution in [0.4, 0.5) is 0 Å². The third-order valence-electron chi connectivity index (χ3n) is 5.26. The molecule has 2 fully saturated rings. The molecule has 0 spiro atoms. The Balaban J connectivity index is 1.39. The van der Waals surface area contributed by atoms with E-state index >= 15 is 0 Å². The van der Waals surface area contributed by atoms with Gasteiger partial charge in [-0.15, -0.1) is 11.3 Å². The number of carbonyl (C=O) groups is 1. The van der Waals surface area contributed by atoms with Crippen molar-refractivity contribution in [2.45, 2.75) is 63.7 Å². The maximum Gasteiger partial charge on any atom is 0.272 e. The van der Waals surface area contributed by atoms with Crippen LogP contribution in [0.5, 0.6) is 0 Å². The molecule has 4 rings (SSSR count). The Labute approximate surface area is 158 Å². The topological polar surface area (TPSA) is 59.0 Å². The minimum Gasteiger partial charge on any atom is -0.337 e. The van der Waals surface area contributed by atoms with E-state index in [1.165, 1.54) is 10.7 Å². The fraction of sp³-hybridized carbons (Fsp3) is 0.600. The van der Waals surface area contributed by atoms with Crippen LogP contribution in [0.15, 0.2) is 17.6 Å². The maximum atomic E-state index is 12.8. The smallest absolute Gasteiger partial charge is 0.272 e. The highest BCUT2D eigenvalue weighted by Crippen LogP contribution is 2.38. The maximum absolute atomic E-state index is 12.8. The molecule has 0 bridgehead atoms. The van der Waals surface area contributed by atoms with Crippen molar-refractivity contribution in [2.75, 3.05) is 13.1 Å². The van der Waals surface area contributed by atoms with Crippen molar-refractivity contribution in [3.8, 4) is 0 Å². The fourth-order valence-electron chi connectivity index (χ4n) is 3.34. The largest absolute Gasteiger partial charge is 0.337 e. The number of aromatic nitrogens is 3. The van der Waals surface area contributed by atoms with Gasteiger partial charge in [0.15, 0.2) is 0 Å². The number of carbonyl (C=O) groups excluding carboxylic acids is 1. The van der Waals surface area contributed by atoms with Gasteiger partial charge in [-0.1, -0.05) is 20.8 Å². The number of piperidine rings is 1. The van der Waals surface area contributed by atoms with E-state index in [1.54, 1.807) is 23.6 Å². The first-order valence-corrected chi connectivity index (χ1v) is 10.4. The van der Waals surface area contributed by atoms with Gasteiger partial charge in [-0.3, -0.25) is 4.79 Å². The predicted molar refractivity (Wildman–Crippen MR) is 103 cm³/mol. The first-order chi connectivity index (χ1) is 12.4. The molecule has 1 amide bonds. The molecular weight excluding hydrogens is 344 g/mol. The third-order valence-corrected chi connectivity index (χ3v) is 6.26. The number of likely N-dealkylation sites (tertiary alicyclic amines) is 1. The van der Waals surface area contributed by atoms with E-state index in [0.717, 1.165) is 44.6 Å². The second-order valence-electron chi connectivity index (χ2n) is 8.46. The summed E-state index contributed by atoms with van der Waals surface area (Å²) in [6.07, 6.45) is 5.97. The molecule has 1 saturated carbocycles. The van der Waals surface area contributed by atoms with Gasteiger partial charge in [-0.2, -0.15) is 0 Å². The van der Waals surface area contributed by atoms with Crippen LogP contribution in [0.3, 0.4) is 0 Å². The van der Waals surface area contributed by atoms with E-state index in [1.807, 2.05) is 4.90 Å². The number of nitrogens with zero attached hydrogens (tertiary/aromatic N) is 4. The van der Waals surface area contributed by atoms with Gasteiger partial charge >= 0.3 is 0 Å². The Bertz CT molecular complexity index is 798. The van der Waals surface area contributed by atoms with Gasteiger partial charge in [-0.05, 0) is 31.7 Å². The molecule has 1 aliphatic carbocycles. The standard InChI is InChI=1S/C20H26N4OS/c1-20(2,3)16-12-26-18(23-16)14-7-10-24(11-8-14)19(25)15-6-9-21-17(22-15)13-4-5-13/h6,9,12-14H,4-5,7-8,10-11H2,1-3H3. The van der Waals surface area contributed by atoms with Gasteiger partial charge in [0.05, 0.1) is 10.7 Å². The van der Waals surface area contributed by atoms with Gasteiger partial charge in [0, 0.05) is 41.9 Å². The van der Waals surface area contributed by atoms with Crippen molar-refractivity contribution >= 4 is 17.2 Å². The molecule has 1 aliphatic heterocycles. The second-order valence-corrected chi connectivity index (χ2v) is 9.35. The highest BCUT2D eigenvalue weighted by atomic mass is 32.1. The number of hydrogen-bond donors (Lipinski definition) is 0. The molecule has 2 aliphatic rings. The molecule has 6 heteroatoms. The van der Waals surface area contributed by atoms with Crippen LogP contribution in [0.2, 0.25) is 0 Å². The number of amides is 1. The van der Waals surface area contributed by atoms with Crippen LogP contribution < -0.4 is 0 Å². The first-order valence-electron chi connectivity index (χ1n) is 9.50. The Morgan fingerprint density at radius 1 is 1.12 bits per heavy atom. The SMILES string of the molecule is CC(C)(C)c1csc(C2CCN(C(=O)c3ccnc(C4CC4)n3)CC2)n1. The zero-order valence-electron chi connectivity index (χ0n) is 15.7.